The summed E-state index contributed by atoms with van der Waals surface area (Å²) in [5, 5.41) is 21.7. The first-order valence-electron chi connectivity index (χ1n) is 15.8. The molecule has 5 rings (SSSR count). The monoisotopic (exact) mass is 626 g/mol. The van der Waals surface area contributed by atoms with E-state index in [1.54, 1.807) is 6.07 Å². The van der Waals surface area contributed by atoms with E-state index >= 15 is 0 Å². The van der Waals surface area contributed by atoms with E-state index in [0.29, 0.717) is 25.2 Å². The number of hydrogen-bond donors (Lipinski definition) is 1. The van der Waals surface area contributed by atoms with E-state index in [-0.39, 0.29) is 28.0 Å². The van der Waals surface area contributed by atoms with Crippen LogP contribution in [0, 0.1) is 16.7 Å². The molecule has 9 heteroatoms. The molecule has 5 nitrogen and oxygen atoms in total. The van der Waals surface area contributed by atoms with Gasteiger partial charge in [0.05, 0.1) is 36.5 Å². The van der Waals surface area contributed by atoms with Crippen LogP contribution in [0.25, 0.3) is 5.57 Å². The van der Waals surface area contributed by atoms with Gasteiger partial charge in [0.2, 0.25) is 0 Å². The zero-order chi connectivity index (χ0) is 32.2. The van der Waals surface area contributed by atoms with E-state index in [2.05, 4.69) is 39.9 Å². The second-order valence-corrected chi connectivity index (χ2v) is 19.5. The molecule has 0 radical (unpaired) electrons. The van der Waals surface area contributed by atoms with E-state index in [1.807, 2.05) is 13.8 Å². The van der Waals surface area contributed by atoms with Gasteiger partial charge in [-0.3, -0.25) is 4.98 Å². The molecule has 1 aliphatic heterocycles. The predicted octanol–water partition coefficient (Wildman–Crippen LogP) is 9.16. The minimum absolute atomic E-state index is 0.0168. The zero-order valence-corrected chi connectivity index (χ0v) is 28.0. The summed E-state index contributed by atoms with van der Waals surface area (Å²) in [6.45, 7) is 16.3. The molecule has 1 saturated carbocycles. The van der Waals surface area contributed by atoms with Gasteiger partial charge in [-0.1, -0.05) is 53.2 Å². The third-order valence-electron chi connectivity index (χ3n) is 10.4. The Balaban J connectivity index is 1.78. The zero-order valence-electron chi connectivity index (χ0n) is 27.0. The van der Waals surface area contributed by atoms with Gasteiger partial charge in [-0.2, -0.15) is 18.4 Å². The van der Waals surface area contributed by atoms with Crippen LogP contribution in [0.2, 0.25) is 18.1 Å². The number of hydrogen-bond acceptors (Lipinski definition) is 5. The van der Waals surface area contributed by atoms with Gasteiger partial charge in [0.15, 0.2) is 8.32 Å². The van der Waals surface area contributed by atoms with E-state index in [0.717, 1.165) is 59.8 Å². The third kappa shape index (κ3) is 6.03. The number of aromatic nitrogens is 1. The van der Waals surface area contributed by atoms with Crippen molar-refractivity contribution in [3.05, 3.63) is 69.0 Å². The summed E-state index contributed by atoms with van der Waals surface area (Å²) >= 11 is 0. The predicted molar refractivity (Wildman–Crippen MR) is 168 cm³/mol. The average molecular weight is 627 g/mol. The van der Waals surface area contributed by atoms with Crippen molar-refractivity contribution in [1.82, 2.24) is 4.98 Å². The van der Waals surface area contributed by atoms with Crippen molar-refractivity contribution in [2.75, 3.05) is 13.2 Å². The highest BCUT2D eigenvalue weighted by Gasteiger charge is 2.49. The Morgan fingerprint density at radius 2 is 1.89 bits per heavy atom. The van der Waals surface area contributed by atoms with Crippen LogP contribution in [-0.2, 0) is 21.8 Å². The summed E-state index contributed by atoms with van der Waals surface area (Å²) in [7, 11) is -2.24. The summed E-state index contributed by atoms with van der Waals surface area (Å²) in [6, 6.07) is 5.05. The Hall–Kier alpha value is -2.51. The van der Waals surface area contributed by atoms with Crippen molar-refractivity contribution >= 4 is 13.9 Å². The van der Waals surface area contributed by atoms with Gasteiger partial charge >= 0.3 is 6.18 Å². The van der Waals surface area contributed by atoms with Crippen molar-refractivity contribution in [3.63, 3.8) is 0 Å². The highest BCUT2D eigenvalue weighted by Crippen LogP contribution is 2.57. The fourth-order valence-electron chi connectivity index (χ4n) is 6.83. The third-order valence-corrected chi connectivity index (χ3v) is 14.9. The molecule has 1 N–H and O–H groups in total. The molecule has 0 amide bonds. The van der Waals surface area contributed by atoms with Crippen molar-refractivity contribution < 1.29 is 27.4 Å². The normalized spacial score (nSPS) is 21.0. The van der Waals surface area contributed by atoms with Gasteiger partial charge in [0, 0.05) is 22.5 Å². The number of benzene rings is 1. The molecule has 0 bridgehead atoms. The summed E-state index contributed by atoms with van der Waals surface area (Å²) in [5.74, 6) is -0.0620. The number of nitrogens with zero attached hydrogens (tertiary/aromatic N) is 2. The van der Waals surface area contributed by atoms with Gasteiger partial charge in [-0.15, -0.1) is 0 Å². The molecule has 44 heavy (non-hydrogen) atoms. The van der Waals surface area contributed by atoms with Gasteiger partial charge in [0.25, 0.3) is 0 Å². The Kier molecular flexibility index (Phi) is 8.73. The SMILES string of the molecule is CC(C)c1nc2c(c(C3=CCOCC3)c1[C@H](O)c1ccc(C(F)(F)F)c(C#N)c1)[C@@H](O[Si](C)(C)C(C)(C)C)CC1(CCC1)C2. The van der Waals surface area contributed by atoms with Crippen LogP contribution in [0.3, 0.4) is 0 Å². The molecule has 1 spiro atoms. The molecule has 1 aromatic heterocycles. The maximum Gasteiger partial charge on any atom is 0.417 e. The number of fused-ring (bicyclic) bond motifs is 1. The van der Waals surface area contributed by atoms with Crippen molar-refractivity contribution in [1.29, 1.82) is 5.26 Å². The summed E-state index contributed by atoms with van der Waals surface area (Å²) in [4.78, 5) is 5.31. The van der Waals surface area contributed by atoms with E-state index in [1.165, 1.54) is 18.6 Å². The Morgan fingerprint density at radius 3 is 2.41 bits per heavy atom. The smallest absolute Gasteiger partial charge is 0.410 e. The number of aliphatic hydroxyl groups is 1. The number of rotatable bonds is 6. The van der Waals surface area contributed by atoms with E-state index < -0.39 is 31.7 Å². The second kappa shape index (κ2) is 11.7. The van der Waals surface area contributed by atoms with Gasteiger partial charge < -0.3 is 14.3 Å². The molecule has 0 unspecified atom stereocenters. The number of ether oxygens (including phenoxy) is 1. The number of halogens is 3. The number of alkyl halides is 3. The molecule has 2 atom stereocenters. The van der Waals surface area contributed by atoms with Crippen LogP contribution < -0.4 is 0 Å². The van der Waals surface area contributed by atoms with Gasteiger partial charge in [-0.05, 0) is 90.4 Å². The van der Waals surface area contributed by atoms with Crippen LogP contribution in [0.5, 0.6) is 0 Å². The first-order valence-corrected chi connectivity index (χ1v) is 18.7. The summed E-state index contributed by atoms with van der Waals surface area (Å²) in [5.41, 5.74) is 4.20. The van der Waals surface area contributed by atoms with Gasteiger partial charge in [0.1, 0.15) is 6.10 Å². The van der Waals surface area contributed by atoms with Crippen molar-refractivity contribution in [2.24, 2.45) is 5.41 Å². The minimum Gasteiger partial charge on any atom is -0.410 e. The Labute approximate surface area is 260 Å². The lowest BCUT2D eigenvalue weighted by Gasteiger charge is -2.51. The quantitative estimate of drug-likeness (QED) is 0.324. The molecule has 2 aromatic rings. The maximum absolute atomic E-state index is 13.7. The number of aliphatic hydroxyl groups excluding tert-OH is 1. The van der Waals surface area contributed by atoms with Crippen LogP contribution in [-0.4, -0.2) is 31.6 Å². The lowest BCUT2D eigenvalue weighted by atomic mass is 9.59. The van der Waals surface area contributed by atoms with Crippen molar-refractivity contribution in [2.45, 2.75) is 116 Å². The van der Waals surface area contributed by atoms with Gasteiger partial charge in [-0.25, -0.2) is 0 Å². The molecule has 1 aromatic carbocycles. The highest BCUT2D eigenvalue weighted by molar-refractivity contribution is 6.74. The lowest BCUT2D eigenvalue weighted by Crippen LogP contribution is -2.46. The van der Waals surface area contributed by atoms with E-state index in [4.69, 9.17) is 14.1 Å². The first kappa shape index (κ1) is 32.9. The Bertz CT molecular complexity index is 1500. The topological polar surface area (TPSA) is 75.4 Å². The van der Waals surface area contributed by atoms with E-state index in [9.17, 15) is 23.5 Å². The van der Waals surface area contributed by atoms with Crippen molar-refractivity contribution in [3.8, 4) is 6.07 Å². The minimum atomic E-state index is -4.67. The molecule has 0 saturated heterocycles. The largest absolute Gasteiger partial charge is 0.417 e. The fourth-order valence-corrected chi connectivity index (χ4v) is 8.10. The second-order valence-electron chi connectivity index (χ2n) is 14.8. The maximum atomic E-state index is 13.7. The summed E-state index contributed by atoms with van der Waals surface area (Å²) in [6.07, 6.45) is 1.75. The molecule has 238 valence electrons. The molecule has 2 aliphatic carbocycles. The molecular formula is C35H45F3N2O3Si. The molecule has 2 heterocycles. The average Bonchev–Trinajstić information content (AvgIpc) is 2.93. The fraction of sp³-hybridized carbons (Fsp3) is 0.600. The lowest BCUT2D eigenvalue weighted by molar-refractivity contribution is -0.137. The number of pyridine rings is 1. The highest BCUT2D eigenvalue weighted by atomic mass is 28.4. The first-order chi connectivity index (χ1) is 20.5. The standard InChI is InChI=1S/C35H45F3N2O3Si/c1-21(2)31-30(32(41)23-9-10-25(35(36,37)38)24(17-23)20-39)28(22-11-15-42-16-12-22)29-26(40-31)18-34(13-8-14-34)19-27(29)43-44(6,7)33(3,4)5/h9-11,17,21,27,32,41H,8,12-16,18-19H2,1-7H3/t27-,32+/m0/s1. The molecular weight excluding hydrogens is 581 g/mol. The Morgan fingerprint density at radius 1 is 1.18 bits per heavy atom. The van der Waals surface area contributed by atoms with Crippen LogP contribution in [0.1, 0.15) is 130 Å². The van der Waals surface area contributed by atoms with Crippen LogP contribution >= 0.6 is 0 Å². The number of nitriles is 1. The molecule has 3 aliphatic rings. The summed E-state index contributed by atoms with van der Waals surface area (Å²) < 4.78 is 53.9. The van der Waals surface area contributed by atoms with Crippen LogP contribution in [0.15, 0.2) is 24.3 Å². The van der Waals surface area contributed by atoms with Crippen LogP contribution in [0.4, 0.5) is 13.2 Å². The molecule has 1 fully saturated rings.